The standard InChI is InChI=1S/C12H15BrN4/c1-3-14-9(2)10-4-5-15-12(6-10)17-8-11(13)7-16-17/h4-9,14H,3H2,1-2H3. The average molecular weight is 295 g/mol. The molecule has 0 saturated carbocycles. The second-order valence-corrected chi connectivity index (χ2v) is 4.75. The smallest absolute Gasteiger partial charge is 0.153 e. The van der Waals surface area contributed by atoms with Gasteiger partial charge in [-0.15, -0.1) is 0 Å². The monoisotopic (exact) mass is 294 g/mol. The lowest BCUT2D eigenvalue weighted by atomic mass is 10.1. The van der Waals surface area contributed by atoms with E-state index in [-0.39, 0.29) is 0 Å². The Kier molecular flexibility index (Phi) is 3.91. The van der Waals surface area contributed by atoms with Crippen LogP contribution in [0, 0.1) is 0 Å². The van der Waals surface area contributed by atoms with Gasteiger partial charge in [-0.3, -0.25) is 0 Å². The molecule has 0 amide bonds. The number of pyridine rings is 1. The molecule has 2 rings (SSSR count). The van der Waals surface area contributed by atoms with Gasteiger partial charge in [0.15, 0.2) is 5.82 Å². The summed E-state index contributed by atoms with van der Waals surface area (Å²) in [5, 5.41) is 7.60. The number of hydrogen-bond donors (Lipinski definition) is 1. The first-order chi connectivity index (χ1) is 8.20. The molecular weight excluding hydrogens is 280 g/mol. The molecule has 2 aromatic heterocycles. The fraction of sp³-hybridized carbons (Fsp3) is 0.333. The lowest BCUT2D eigenvalue weighted by Crippen LogP contribution is -2.18. The van der Waals surface area contributed by atoms with E-state index in [9.17, 15) is 0 Å². The Bertz CT molecular complexity index is 495. The maximum absolute atomic E-state index is 4.32. The molecule has 90 valence electrons. The summed E-state index contributed by atoms with van der Waals surface area (Å²) in [6.07, 6.45) is 5.46. The Morgan fingerprint density at radius 3 is 3.00 bits per heavy atom. The number of hydrogen-bond acceptors (Lipinski definition) is 3. The Morgan fingerprint density at radius 2 is 2.35 bits per heavy atom. The minimum absolute atomic E-state index is 0.320. The van der Waals surface area contributed by atoms with Gasteiger partial charge in [0.1, 0.15) is 0 Å². The van der Waals surface area contributed by atoms with Crippen LogP contribution in [0.2, 0.25) is 0 Å². The van der Waals surface area contributed by atoms with E-state index >= 15 is 0 Å². The minimum Gasteiger partial charge on any atom is -0.310 e. The number of nitrogens with zero attached hydrogens (tertiary/aromatic N) is 3. The van der Waals surface area contributed by atoms with E-state index < -0.39 is 0 Å². The maximum atomic E-state index is 4.32. The largest absolute Gasteiger partial charge is 0.310 e. The van der Waals surface area contributed by atoms with Crippen molar-refractivity contribution in [2.45, 2.75) is 19.9 Å². The van der Waals surface area contributed by atoms with Gasteiger partial charge in [-0.2, -0.15) is 5.10 Å². The first kappa shape index (κ1) is 12.3. The van der Waals surface area contributed by atoms with Gasteiger partial charge >= 0.3 is 0 Å². The Morgan fingerprint density at radius 1 is 1.53 bits per heavy atom. The fourth-order valence-electron chi connectivity index (χ4n) is 1.68. The van der Waals surface area contributed by atoms with Crippen molar-refractivity contribution in [3.8, 4) is 5.82 Å². The van der Waals surface area contributed by atoms with Crippen LogP contribution in [0.1, 0.15) is 25.5 Å². The maximum Gasteiger partial charge on any atom is 0.153 e. The second-order valence-electron chi connectivity index (χ2n) is 3.83. The van der Waals surface area contributed by atoms with E-state index in [1.807, 2.05) is 24.5 Å². The first-order valence-electron chi connectivity index (χ1n) is 5.60. The highest BCUT2D eigenvalue weighted by atomic mass is 79.9. The van der Waals surface area contributed by atoms with E-state index in [2.05, 4.69) is 45.2 Å². The summed E-state index contributed by atoms with van der Waals surface area (Å²) in [4.78, 5) is 4.32. The summed E-state index contributed by atoms with van der Waals surface area (Å²) in [7, 11) is 0. The van der Waals surface area contributed by atoms with Crippen LogP contribution >= 0.6 is 15.9 Å². The predicted octanol–water partition coefficient (Wildman–Crippen LogP) is 2.70. The molecule has 2 aromatic rings. The first-order valence-corrected chi connectivity index (χ1v) is 6.40. The summed E-state index contributed by atoms with van der Waals surface area (Å²) in [6, 6.07) is 4.39. The van der Waals surface area contributed by atoms with Crippen molar-refractivity contribution < 1.29 is 0 Å². The van der Waals surface area contributed by atoms with Crippen molar-refractivity contribution in [2.24, 2.45) is 0 Å². The molecule has 0 aliphatic rings. The lowest BCUT2D eigenvalue weighted by Gasteiger charge is -2.13. The molecule has 0 aliphatic carbocycles. The van der Waals surface area contributed by atoms with Crippen LogP contribution in [0.15, 0.2) is 35.2 Å². The summed E-state index contributed by atoms with van der Waals surface area (Å²) >= 11 is 3.38. The minimum atomic E-state index is 0.320. The van der Waals surface area contributed by atoms with Crippen molar-refractivity contribution in [1.82, 2.24) is 20.1 Å². The highest BCUT2D eigenvalue weighted by Gasteiger charge is 2.06. The zero-order valence-electron chi connectivity index (χ0n) is 9.89. The number of rotatable bonds is 4. The van der Waals surface area contributed by atoms with E-state index in [4.69, 9.17) is 0 Å². The Balaban J connectivity index is 2.28. The third-order valence-electron chi connectivity index (χ3n) is 2.57. The average Bonchev–Trinajstić information content (AvgIpc) is 2.76. The van der Waals surface area contributed by atoms with Crippen LogP contribution in [0.3, 0.4) is 0 Å². The van der Waals surface area contributed by atoms with Crippen molar-refractivity contribution in [3.63, 3.8) is 0 Å². The van der Waals surface area contributed by atoms with Crippen LogP contribution in [0.4, 0.5) is 0 Å². The van der Waals surface area contributed by atoms with E-state index in [1.165, 1.54) is 5.56 Å². The molecule has 0 radical (unpaired) electrons. The number of aromatic nitrogens is 3. The van der Waals surface area contributed by atoms with Gasteiger partial charge in [0.25, 0.3) is 0 Å². The van der Waals surface area contributed by atoms with Gasteiger partial charge in [0, 0.05) is 18.4 Å². The topological polar surface area (TPSA) is 42.7 Å². The predicted molar refractivity (Wildman–Crippen MR) is 71.2 cm³/mol. The molecule has 5 heteroatoms. The molecule has 2 heterocycles. The van der Waals surface area contributed by atoms with Crippen LogP contribution in [-0.2, 0) is 0 Å². The molecule has 0 aromatic carbocycles. The van der Waals surface area contributed by atoms with Gasteiger partial charge in [0.2, 0.25) is 0 Å². The Hall–Kier alpha value is -1.20. The number of nitrogens with one attached hydrogen (secondary N) is 1. The normalized spacial score (nSPS) is 12.6. The molecule has 0 spiro atoms. The molecule has 0 fully saturated rings. The Labute approximate surface area is 109 Å². The van der Waals surface area contributed by atoms with Gasteiger partial charge in [-0.1, -0.05) is 6.92 Å². The molecule has 4 nitrogen and oxygen atoms in total. The van der Waals surface area contributed by atoms with Gasteiger partial charge in [-0.25, -0.2) is 9.67 Å². The molecule has 0 bridgehead atoms. The van der Waals surface area contributed by atoms with Gasteiger partial charge in [-0.05, 0) is 47.1 Å². The SMILES string of the molecule is CCNC(C)c1ccnc(-n2cc(Br)cn2)c1. The highest BCUT2D eigenvalue weighted by molar-refractivity contribution is 9.10. The molecule has 0 saturated heterocycles. The van der Waals surface area contributed by atoms with Crippen LogP contribution in [0.5, 0.6) is 0 Å². The fourth-order valence-corrected chi connectivity index (χ4v) is 1.96. The van der Waals surface area contributed by atoms with E-state index in [1.54, 1.807) is 10.9 Å². The lowest BCUT2D eigenvalue weighted by molar-refractivity contribution is 0.596. The van der Waals surface area contributed by atoms with Crippen LogP contribution in [0.25, 0.3) is 5.82 Å². The van der Waals surface area contributed by atoms with Crippen LogP contribution < -0.4 is 5.32 Å². The third-order valence-corrected chi connectivity index (χ3v) is 2.98. The third kappa shape index (κ3) is 2.92. The second kappa shape index (κ2) is 5.42. The number of halogens is 1. The molecule has 1 atom stereocenters. The summed E-state index contributed by atoms with van der Waals surface area (Å²) in [5.74, 6) is 0.831. The van der Waals surface area contributed by atoms with Gasteiger partial charge < -0.3 is 5.32 Å². The molecular formula is C12H15BrN4. The van der Waals surface area contributed by atoms with Crippen molar-refractivity contribution in [1.29, 1.82) is 0 Å². The highest BCUT2D eigenvalue weighted by Crippen LogP contribution is 2.16. The molecule has 1 unspecified atom stereocenters. The van der Waals surface area contributed by atoms with Gasteiger partial charge in [0.05, 0.1) is 10.7 Å². The van der Waals surface area contributed by atoms with Crippen LogP contribution in [-0.4, -0.2) is 21.3 Å². The summed E-state index contributed by atoms with van der Waals surface area (Å²) < 4.78 is 2.70. The summed E-state index contributed by atoms with van der Waals surface area (Å²) in [5.41, 5.74) is 1.21. The molecule has 1 N–H and O–H groups in total. The van der Waals surface area contributed by atoms with E-state index in [0.717, 1.165) is 16.8 Å². The van der Waals surface area contributed by atoms with Crippen molar-refractivity contribution >= 4 is 15.9 Å². The molecule has 17 heavy (non-hydrogen) atoms. The van der Waals surface area contributed by atoms with Crippen molar-refractivity contribution in [3.05, 3.63) is 40.8 Å². The molecule has 0 aliphatic heterocycles. The zero-order chi connectivity index (χ0) is 12.3. The van der Waals surface area contributed by atoms with Crippen molar-refractivity contribution in [2.75, 3.05) is 6.54 Å². The quantitative estimate of drug-likeness (QED) is 0.943. The van der Waals surface area contributed by atoms with E-state index in [0.29, 0.717) is 6.04 Å². The zero-order valence-corrected chi connectivity index (χ0v) is 11.5. The summed E-state index contributed by atoms with van der Waals surface area (Å²) in [6.45, 7) is 5.19.